The molecule has 1 saturated carbocycles. The van der Waals surface area contributed by atoms with E-state index in [1.165, 1.54) is 0 Å². The van der Waals surface area contributed by atoms with E-state index in [1.807, 2.05) is 4.90 Å². The Morgan fingerprint density at radius 1 is 1.22 bits per heavy atom. The van der Waals surface area contributed by atoms with Crippen LogP contribution in [0.1, 0.15) is 49.5 Å². The summed E-state index contributed by atoms with van der Waals surface area (Å²) in [6.07, 6.45) is 6.19. The number of halogens is 3. The zero-order valence-corrected chi connectivity index (χ0v) is 18.8. The molecule has 0 radical (unpaired) electrons. The Hall–Kier alpha value is -1.98. The van der Waals surface area contributed by atoms with Gasteiger partial charge in [-0.2, -0.15) is 8.78 Å². The van der Waals surface area contributed by atoms with Crippen LogP contribution in [0.25, 0.3) is 0 Å². The second-order valence-corrected chi connectivity index (χ2v) is 10.6. The first-order chi connectivity index (χ1) is 15.3. The van der Waals surface area contributed by atoms with Crippen LogP contribution < -0.4 is 10.2 Å². The summed E-state index contributed by atoms with van der Waals surface area (Å²) < 4.78 is 41.1. The molecule has 172 valence electrons. The Morgan fingerprint density at radius 2 is 1.91 bits per heavy atom. The Balaban J connectivity index is 1.41. The third-order valence-electron chi connectivity index (χ3n) is 6.53. The van der Waals surface area contributed by atoms with Crippen molar-refractivity contribution in [1.82, 2.24) is 19.9 Å². The first kappa shape index (κ1) is 21.8. The highest BCUT2D eigenvalue weighted by Gasteiger charge is 2.50. The van der Waals surface area contributed by atoms with E-state index in [0.29, 0.717) is 55.6 Å². The molecule has 4 heterocycles. The van der Waals surface area contributed by atoms with Crippen LogP contribution in [-0.4, -0.2) is 59.7 Å². The van der Waals surface area contributed by atoms with Crippen LogP contribution in [0.2, 0.25) is 5.02 Å². The predicted molar refractivity (Wildman–Crippen MR) is 116 cm³/mol. The molecular formula is C20H23ClF2N6O2S. The van der Waals surface area contributed by atoms with Gasteiger partial charge < -0.3 is 15.3 Å². The zero-order chi connectivity index (χ0) is 22.5. The maximum atomic E-state index is 14.3. The molecule has 0 unspecified atom stereocenters. The van der Waals surface area contributed by atoms with E-state index in [9.17, 15) is 18.1 Å². The average molecular weight is 485 g/mol. The number of hydrogen-bond acceptors (Lipinski definition) is 8. The lowest BCUT2D eigenvalue weighted by Gasteiger charge is -2.41. The summed E-state index contributed by atoms with van der Waals surface area (Å²) in [6.45, 7) is 1.19. The summed E-state index contributed by atoms with van der Waals surface area (Å²) in [5.74, 6) is 1.22. The van der Waals surface area contributed by atoms with E-state index in [2.05, 4.69) is 25.3 Å². The number of alkyl halides is 2. The third kappa shape index (κ3) is 3.84. The van der Waals surface area contributed by atoms with Crippen LogP contribution in [0.5, 0.6) is 0 Å². The minimum Gasteiger partial charge on any atom is -0.394 e. The average Bonchev–Trinajstić information content (AvgIpc) is 2.99. The number of aromatic nitrogens is 4. The van der Waals surface area contributed by atoms with E-state index in [-0.39, 0.29) is 28.9 Å². The molecule has 2 N–H and O–H groups in total. The second kappa shape index (κ2) is 8.11. The number of hydrogen-bond donors (Lipinski definition) is 2. The lowest BCUT2D eigenvalue weighted by molar-refractivity contribution is 0.104. The van der Waals surface area contributed by atoms with Crippen molar-refractivity contribution in [3.8, 4) is 0 Å². The molecule has 8 nitrogen and oxygen atoms in total. The molecule has 3 aliphatic rings. The van der Waals surface area contributed by atoms with Gasteiger partial charge in [-0.05, 0) is 32.1 Å². The fourth-order valence-electron chi connectivity index (χ4n) is 4.49. The summed E-state index contributed by atoms with van der Waals surface area (Å²) in [6, 6.07) is 0. The van der Waals surface area contributed by atoms with E-state index < -0.39 is 28.0 Å². The Morgan fingerprint density at radius 3 is 2.50 bits per heavy atom. The van der Waals surface area contributed by atoms with Gasteiger partial charge in [-0.3, -0.25) is 0 Å². The molecule has 0 spiro atoms. The molecule has 2 aliphatic heterocycles. The molecule has 12 heteroatoms. The molecular weight excluding hydrogens is 462 g/mol. The molecule has 1 atom stereocenters. The number of piperidine rings is 1. The fraction of sp³-hybridized carbons (Fsp3) is 0.600. The predicted octanol–water partition coefficient (Wildman–Crippen LogP) is 2.89. The topological polar surface area (TPSA) is 104 Å². The number of rotatable bonds is 5. The molecule has 2 aromatic heterocycles. The summed E-state index contributed by atoms with van der Waals surface area (Å²) in [4.78, 5) is 19.5. The first-order valence-corrected chi connectivity index (χ1v) is 12.2. The van der Waals surface area contributed by atoms with Gasteiger partial charge in [0.05, 0.1) is 41.7 Å². The zero-order valence-electron chi connectivity index (χ0n) is 17.2. The van der Waals surface area contributed by atoms with Gasteiger partial charge in [-0.25, -0.2) is 24.1 Å². The van der Waals surface area contributed by atoms with E-state index in [0.717, 1.165) is 6.42 Å². The Labute approximate surface area is 191 Å². The molecule has 32 heavy (non-hydrogen) atoms. The van der Waals surface area contributed by atoms with Crippen molar-refractivity contribution in [3.05, 3.63) is 28.9 Å². The molecule has 2 fully saturated rings. The molecule has 5 rings (SSSR count). The Kier molecular flexibility index (Phi) is 5.53. The highest BCUT2D eigenvalue weighted by atomic mass is 35.5. The number of nitrogens with zero attached hydrogens (tertiary/aromatic N) is 5. The number of fused-ring (bicyclic) bond motifs is 1. The minimum absolute atomic E-state index is 0.0227. The highest BCUT2D eigenvalue weighted by molar-refractivity contribution is 7.86. The van der Waals surface area contributed by atoms with Crippen molar-refractivity contribution in [2.45, 2.75) is 60.1 Å². The van der Waals surface area contributed by atoms with Gasteiger partial charge in [0.1, 0.15) is 27.3 Å². The largest absolute Gasteiger partial charge is 0.394 e. The van der Waals surface area contributed by atoms with Crippen LogP contribution in [0.4, 0.5) is 20.5 Å². The van der Waals surface area contributed by atoms with Crippen molar-refractivity contribution in [2.75, 3.05) is 29.9 Å². The van der Waals surface area contributed by atoms with Crippen molar-refractivity contribution in [3.63, 3.8) is 0 Å². The van der Waals surface area contributed by atoms with Crippen molar-refractivity contribution >= 4 is 34.2 Å². The van der Waals surface area contributed by atoms with E-state index in [1.54, 1.807) is 12.4 Å². The molecule has 2 aromatic rings. The molecule has 0 aromatic carbocycles. The van der Waals surface area contributed by atoms with Crippen LogP contribution in [0.15, 0.2) is 17.3 Å². The van der Waals surface area contributed by atoms with Crippen molar-refractivity contribution in [1.29, 1.82) is 0 Å². The molecule has 1 saturated heterocycles. The first-order valence-electron chi connectivity index (χ1n) is 10.6. The SMILES string of the molecule is O=[S@]1c2c(nc(C3CCN(c4ncc(Cl)cn4)CC3)nc2NC2(CO)CCC2)CC1(F)F. The fourth-order valence-corrected chi connectivity index (χ4v) is 5.76. The van der Waals surface area contributed by atoms with Gasteiger partial charge in [-0.1, -0.05) is 11.6 Å². The van der Waals surface area contributed by atoms with Gasteiger partial charge in [0.25, 0.3) is 0 Å². The van der Waals surface area contributed by atoms with Crippen LogP contribution in [-0.2, 0) is 17.2 Å². The maximum Gasteiger partial charge on any atom is 0.331 e. The minimum atomic E-state index is -3.37. The lowest BCUT2D eigenvalue weighted by atomic mass is 9.77. The van der Waals surface area contributed by atoms with Crippen molar-refractivity contribution in [2.24, 2.45) is 0 Å². The van der Waals surface area contributed by atoms with Gasteiger partial charge >= 0.3 is 5.25 Å². The summed E-state index contributed by atoms with van der Waals surface area (Å²) in [5.41, 5.74) is -0.465. The summed E-state index contributed by atoms with van der Waals surface area (Å²) in [7, 11) is -2.52. The lowest BCUT2D eigenvalue weighted by Crippen LogP contribution is -2.48. The van der Waals surface area contributed by atoms with Gasteiger partial charge in [-0.15, -0.1) is 0 Å². The van der Waals surface area contributed by atoms with Gasteiger partial charge in [0, 0.05) is 19.0 Å². The normalized spacial score (nSPS) is 24.1. The standard InChI is InChI=1S/C20H23ClF2N6O2S/c21-13-9-24-18(25-10-13)29-6-2-12(3-7-29)16-26-14-8-20(22,23)32(31)15(14)17(27-16)28-19(11-30)4-1-5-19/h9-10,12,30H,1-8,11H2,(H,26,27,28)/t32-/m0/s1. The van der Waals surface area contributed by atoms with E-state index in [4.69, 9.17) is 11.6 Å². The number of aliphatic hydroxyl groups is 1. The van der Waals surface area contributed by atoms with Gasteiger partial charge in [0.15, 0.2) is 0 Å². The third-order valence-corrected chi connectivity index (χ3v) is 8.21. The van der Waals surface area contributed by atoms with Gasteiger partial charge in [0.2, 0.25) is 5.95 Å². The second-order valence-electron chi connectivity index (χ2n) is 8.67. The number of nitrogens with one attached hydrogen (secondary N) is 1. The van der Waals surface area contributed by atoms with Crippen LogP contribution in [0.3, 0.4) is 0 Å². The Bertz CT molecular complexity index is 1040. The monoisotopic (exact) mass is 484 g/mol. The highest BCUT2D eigenvalue weighted by Crippen LogP contribution is 2.44. The number of aliphatic hydroxyl groups excluding tert-OH is 1. The number of anilines is 2. The quantitative estimate of drug-likeness (QED) is 0.667. The summed E-state index contributed by atoms with van der Waals surface area (Å²) >= 11 is 5.86. The van der Waals surface area contributed by atoms with Crippen molar-refractivity contribution < 1.29 is 18.1 Å². The van der Waals surface area contributed by atoms with Crippen LogP contribution in [0, 0.1) is 0 Å². The maximum absolute atomic E-state index is 14.3. The summed E-state index contributed by atoms with van der Waals surface area (Å²) in [5, 5.41) is 10.1. The van der Waals surface area contributed by atoms with Crippen LogP contribution >= 0.6 is 11.6 Å². The molecule has 0 amide bonds. The van der Waals surface area contributed by atoms with E-state index >= 15 is 0 Å². The molecule has 1 aliphatic carbocycles. The smallest absolute Gasteiger partial charge is 0.331 e. The molecule has 0 bridgehead atoms.